The molecule has 1 amide bonds. The summed E-state index contributed by atoms with van der Waals surface area (Å²) in [5, 5.41) is 28.7. The lowest BCUT2D eigenvalue weighted by atomic mass is 10.1. The molecule has 23 heavy (non-hydrogen) atoms. The van der Waals surface area contributed by atoms with Gasteiger partial charge in [-0.05, 0) is 17.7 Å². The Morgan fingerprint density at radius 1 is 1.17 bits per heavy atom. The van der Waals surface area contributed by atoms with E-state index in [4.69, 9.17) is 5.73 Å². The zero-order valence-corrected chi connectivity index (χ0v) is 13.1. The molecule has 0 aliphatic carbocycles. The Labute approximate surface area is 135 Å². The van der Waals surface area contributed by atoms with Gasteiger partial charge in [-0.2, -0.15) is 0 Å². The van der Waals surface area contributed by atoms with Crippen LogP contribution < -0.4 is 5.73 Å². The number of carbonyl (C=O) groups is 1. The highest BCUT2D eigenvalue weighted by Crippen LogP contribution is 2.12. The first-order valence-electron chi connectivity index (χ1n) is 7.78. The van der Waals surface area contributed by atoms with Gasteiger partial charge in [0.2, 0.25) is 5.91 Å². The third-order valence-corrected chi connectivity index (χ3v) is 4.20. The number of aliphatic hydroxyl groups excluding tert-OH is 3. The molecule has 1 atom stereocenters. The highest BCUT2D eigenvalue weighted by atomic mass is 16.3. The lowest BCUT2D eigenvalue weighted by Gasteiger charge is -2.28. The Morgan fingerprint density at radius 2 is 1.83 bits per heavy atom. The molecule has 7 nitrogen and oxygen atoms in total. The number of aliphatic hydroxyl groups is 3. The fourth-order valence-corrected chi connectivity index (χ4v) is 2.88. The first kappa shape index (κ1) is 17.8. The predicted octanol–water partition coefficient (Wildman–Crippen LogP) is -1.38. The Hall–Kier alpha value is -1.51. The number of β-amino-alcohol motifs (C(OH)–C–C–N with tert-alkyl or cyclic N) is 1. The van der Waals surface area contributed by atoms with E-state index < -0.39 is 12.0 Å². The van der Waals surface area contributed by atoms with E-state index in [1.807, 2.05) is 17.0 Å². The molecule has 128 valence electrons. The van der Waals surface area contributed by atoms with Gasteiger partial charge in [0.15, 0.2) is 0 Å². The maximum absolute atomic E-state index is 11.1. The second kappa shape index (κ2) is 8.37. The van der Waals surface area contributed by atoms with Crippen molar-refractivity contribution in [2.75, 3.05) is 39.4 Å². The molecule has 0 spiro atoms. The summed E-state index contributed by atoms with van der Waals surface area (Å²) in [7, 11) is 0. The molecule has 0 aromatic heterocycles. The van der Waals surface area contributed by atoms with Crippen molar-refractivity contribution < 1.29 is 20.1 Å². The number of hydrogen-bond donors (Lipinski definition) is 4. The van der Waals surface area contributed by atoms with Gasteiger partial charge >= 0.3 is 0 Å². The molecule has 1 aromatic carbocycles. The monoisotopic (exact) mass is 323 g/mol. The Balaban J connectivity index is 1.97. The third kappa shape index (κ3) is 4.98. The van der Waals surface area contributed by atoms with Crippen molar-refractivity contribution in [3.8, 4) is 0 Å². The molecule has 0 unspecified atom stereocenters. The van der Waals surface area contributed by atoms with Crippen LogP contribution in [0.5, 0.6) is 0 Å². The molecule has 5 N–H and O–H groups in total. The molecule has 1 fully saturated rings. The summed E-state index contributed by atoms with van der Waals surface area (Å²) in [4.78, 5) is 15.1. The molecule has 7 heteroatoms. The van der Waals surface area contributed by atoms with Crippen molar-refractivity contribution in [2.24, 2.45) is 5.73 Å². The second-order valence-corrected chi connectivity index (χ2v) is 5.96. The topological polar surface area (TPSA) is 110 Å². The Morgan fingerprint density at radius 3 is 2.39 bits per heavy atom. The molecule has 0 radical (unpaired) electrons. The number of carbonyl (C=O) groups excluding carboxylic acids is 1. The summed E-state index contributed by atoms with van der Waals surface area (Å²) >= 11 is 0. The molecular formula is C16H25N3O4. The number of nitrogens with zero attached hydrogens (tertiary/aromatic N) is 2. The van der Waals surface area contributed by atoms with Crippen LogP contribution in [-0.4, -0.2) is 82.6 Å². The highest BCUT2D eigenvalue weighted by Gasteiger charge is 2.25. The maximum atomic E-state index is 11.1. The van der Waals surface area contributed by atoms with Crippen molar-refractivity contribution in [3.63, 3.8) is 0 Å². The van der Waals surface area contributed by atoms with Crippen molar-refractivity contribution in [2.45, 2.75) is 18.7 Å². The summed E-state index contributed by atoms with van der Waals surface area (Å²) in [5.74, 6) is -0.448. The quantitative estimate of drug-likeness (QED) is 0.513. The van der Waals surface area contributed by atoms with Gasteiger partial charge in [-0.15, -0.1) is 0 Å². The zero-order chi connectivity index (χ0) is 16.8. The lowest BCUT2D eigenvalue weighted by Crippen LogP contribution is -2.44. The van der Waals surface area contributed by atoms with Crippen molar-refractivity contribution in [1.82, 2.24) is 9.80 Å². The van der Waals surface area contributed by atoms with E-state index in [0.717, 1.165) is 12.1 Å². The van der Waals surface area contributed by atoms with Gasteiger partial charge in [0.25, 0.3) is 0 Å². The van der Waals surface area contributed by atoms with Gasteiger partial charge in [-0.25, -0.2) is 0 Å². The summed E-state index contributed by atoms with van der Waals surface area (Å²) in [5.41, 5.74) is 6.74. The van der Waals surface area contributed by atoms with Crippen LogP contribution in [0.3, 0.4) is 0 Å². The summed E-state index contributed by atoms with van der Waals surface area (Å²) in [6.45, 7) is 2.76. The Kier molecular flexibility index (Phi) is 6.49. The van der Waals surface area contributed by atoms with Gasteiger partial charge in [-0.3, -0.25) is 14.6 Å². The number of rotatable bonds is 6. The fraction of sp³-hybridized carbons (Fsp3) is 0.562. The number of nitrogens with two attached hydrogens (primary N) is 1. The normalized spacial score (nSPS) is 20.6. The molecular weight excluding hydrogens is 298 g/mol. The molecule has 1 aliphatic rings. The van der Waals surface area contributed by atoms with E-state index in [0.29, 0.717) is 31.7 Å². The minimum atomic E-state index is -0.539. The summed E-state index contributed by atoms with van der Waals surface area (Å²) in [6, 6.07) is 6.79. The van der Waals surface area contributed by atoms with E-state index in [1.165, 1.54) is 0 Å². The molecule has 0 saturated carbocycles. The van der Waals surface area contributed by atoms with Gasteiger partial charge in [0, 0.05) is 38.3 Å². The van der Waals surface area contributed by atoms with Crippen LogP contribution >= 0.6 is 0 Å². The minimum absolute atomic E-state index is 0.127. The molecule has 0 bridgehead atoms. The summed E-state index contributed by atoms with van der Waals surface area (Å²) in [6.07, 6.45) is -0.539. The highest BCUT2D eigenvalue weighted by molar-refractivity contribution is 5.92. The van der Waals surface area contributed by atoms with Crippen LogP contribution in [-0.2, 0) is 6.54 Å². The lowest BCUT2D eigenvalue weighted by molar-refractivity contribution is 0.0471. The Bertz CT molecular complexity index is 505. The van der Waals surface area contributed by atoms with Gasteiger partial charge in [0.05, 0.1) is 25.4 Å². The second-order valence-electron chi connectivity index (χ2n) is 5.96. The third-order valence-electron chi connectivity index (χ3n) is 4.20. The number of benzene rings is 1. The maximum Gasteiger partial charge on any atom is 0.248 e. The average molecular weight is 323 g/mol. The number of amides is 1. The van der Waals surface area contributed by atoms with Crippen LogP contribution in [0.15, 0.2) is 24.3 Å². The predicted molar refractivity (Wildman–Crippen MR) is 85.8 cm³/mol. The number of primary amides is 1. The molecule has 1 aliphatic heterocycles. The molecule has 1 saturated heterocycles. The molecule has 2 rings (SSSR count). The fourth-order valence-electron chi connectivity index (χ4n) is 2.88. The van der Waals surface area contributed by atoms with E-state index >= 15 is 0 Å². The van der Waals surface area contributed by atoms with Crippen molar-refractivity contribution >= 4 is 5.91 Å². The van der Waals surface area contributed by atoms with E-state index in [1.54, 1.807) is 12.1 Å². The van der Waals surface area contributed by atoms with Gasteiger partial charge in [0.1, 0.15) is 0 Å². The van der Waals surface area contributed by atoms with E-state index in [-0.39, 0.29) is 19.3 Å². The van der Waals surface area contributed by atoms with E-state index in [9.17, 15) is 20.1 Å². The molecule has 1 aromatic rings. The van der Waals surface area contributed by atoms with Gasteiger partial charge in [-0.1, -0.05) is 12.1 Å². The van der Waals surface area contributed by atoms with Crippen LogP contribution in [0.25, 0.3) is 0 Å². The van der Waals surface area contributed by atoms with Crippen LogP contribution in [0, 0.1) is 0 Å². The van der Waals surface area contributed by atoms with Crippen molar-refractivity contribution in [1.29, 1.82) is 0 Å². The largest absolute Gasteiger partial charge is 0.395 e. The first-order chi connectivity index (χ1) is 11.0. The first-order valence-corrected chi connectivity index (χ1v) is 7.78. The van der Waals surface area contributed by atoms with Crippen LogP contribution in [0.2, 0.25) is 0 Å². The zero-order valence-electron chi connectivity index (χ0n) is 13.1. The smallest absolute Gasteiger partial charge is 0.248 e. The number of hydrogen-bond acceptors (Lipinski definition) is 6. The summed E-state index contributed by atoms with van der Waals surface area (Å²) < 4.78 is 0. The minimum Gasteiger partial charge on any atom is -0.395 e. The van der Waals surface area contributed by atoms with Crippen molar-refractivity contribution in [3.05, 3.63) is 35.4 Å². The van der Waals surface area contributed by atoms with Crippen LogP contribution in [0.1, 0.15) is 15.9 Å². The van der Waals surface area contributed by atoms with Gasteiger partial charge < -0.3 is 21.1 Å². The molecule has 1 heterocycles. The average Bonchev–Trinajstić information content (AvgIpc) is 2.71. The SMILES string of the molecule is NC(=O)c1ccc(CN2CCN(C(CO)CO)C[C@@H](O)C2)cc1. The van der Waals surface area contributed by atoms with Crippen LogP contribution in [0.4, 0.5) is 0 Å². The van der Waals surface area contributed by atoms with E-state index in [2.05, 4.69) is 4.90 Å². The standard InChI is InChI=1S/C16H25N3O4/c17-16(23)13-3-1-12(2-4-13)7-18-5-6-19(9-15(22)8-18)14(10-20)11-21/h1-4,14-15,20-22H,5-11H2,(H2,17,23)/t15-/m0/s1.